The van der Waals surface area contributed by atoms with E-state index in [1.807, 2.05) is 6.92 Å². The van der Waals surface area contributed by atoms with E-state index in [9.17, 15) is 9.59 Å². The number of carbonyl (C=O) groups is 2. The van der Waals surface area contributed by atoms with Gasteiger partial charge >= 0.3 is 12.0 Å². The molecule has 2 N–H and O–H groups in total. The van der Waals surface area contributed by atoms with Crippen molar-refractivity contribution in [3.8, 4) is 0 Å². The van der Waals surface area contributed by atoms with E-state index in [2.05, 4.69) is 15.6 Å². The maximum Gasteiger partial charge on any atom is 0.358 e. The topological polar surface area (TPSA) is 110 Å². The summed E-state index contributed by atoms with van der Waals surface area (Å²) in [5.41, 5.74) is -0.0891. The van der Waals surface area contributed by atoms with Gasteiger partial charge in [-0.05, 0) is 13.3 Å². The van der Waals surface area contributed by atoms with Gasteiger partial charge in [-0.1, -0.05) is 5.21 Å². The predicted octanol–water partition coefficient (Wildman–Crippen LogP) is -0.0308. The molecule has 1 saturated heterocycles. The van der Waals surface area contributed by atoms with E-state index in [1.165, 1.54) is 10.9 Å². The summed E-state index contributed by atoms with van der Waals surface area (Å²) in [7, 11) is 0. The minimum absolute atomic E-state index is 0.0141. The Hall–Kier alpha value is -2.16. The van der Waals surface area contributed by atoms with E-state index >= 15 is 0 Å². The predicted molar refractivity (Wildman–Crippen MR) is 72.1 cm³/mol. The normalized spacial score (nSPS) is 14.8. The molecule has 116 valence electrons. The zero-order valence-corrected chi connectivity index (χ0v) is 11.9. The molecule has 0 spiro atoms. The summed E-state index contributed by atoms with van der Waals surface area (Å²) < 4.78 is 6.67. The average Bonchev–Trinajstić information content (AvgIpc) is 2.86. The maximum absolute atomic E-state index is 11.8. The van der Waals surface area contributed by atoms with Gasteiger partial charge in [0.05, 0.1) is 12.2 Å². The molecule has 0 unspecified atom stereocenters. The van der Waals surface area contributed by atoms with Crippen LogP contribution in [-0.2, 0) is 4.74 Å². The summed E-state index contributed by atoms with van der Waals surface area (Å²) in [4.78, 5) is 24.1. The number of aromatic nitrogens is 3. The van der Waals surface area contributed by atoms with Crippen LogP contribution in [0, 0.1) is 0 Å². The molecule has 2 amide bonds. The van der Waals surface area contributed by atoms with Gasteiger partial charge in [-0.15, -0.1) is 5.10 Å². The second-order valence-electron chi connectivity index (χ2n) is 4.73. The van der Waals surface area contributed by atoms with Crippen molar-refractivity contribution in [3.63, 3.8) is 0 Å². The highest BCUT2D eigenvalue weighted by Crippen LogP contribution is 2.20. The van der Waals surface area contributed by atoms with Gasteiger partial charge in [0.2, 0.25) is 0 Å². The number of nitrogens with one attached hydrogen (secondary N) is 1. The Morgan fingerprint density at radius 1 is 1.52 bits per heavy atom. The monoisotopic (exact) mass is 297 g/mol. The number of rotatable bonds is 7. The van der Waals surface area contributed by atoms with Crippen molar-refractivity contribution in [1.82, 2.24) is 25.2 Å². The molecular weight excluding hydrogens is 278 g/mol. The van der Waals surface area contributed by atoms with Crippen LogP contribution < -0.4 is 5.32 Å². The summed E-state index contributed by atoms with van der Waals surface area (Å²) in [6.45, 7) is 4.82. The third kappa shape index (κ3) is 3.91. The number of nitrogens with zero attached hydrogens (tertiary/aromatic N) is 4. The highest BCUT2D eigenvalue weighted by Gasteiger charge is 2.32. The lowest BCUT2D eigenvalue weighted by Crippen LogP contribution is -2.54. The van der Waals surface area contributed by atoms with Gasteiger partial charge in [0.25, 0.3) is 0 Å². The number of hydrogen-bond acceptors (Lipinski definition) is 5. The third-order valence-corrected chi connectivity index (χ3v) is 3.20. The standard InChI is InChI=1S/C12H19N5O4/c1-2-21-5-3-4-13-12(20)16-6-9(7-16)17-8-10(11(18)19)14-15-17/h8-9H,2-7H2,1H3,(H,13,20)(H,18,19). The Labute approximate surface area is 121 Å². The first kappa shape index (κ1) is 15.2. The Kier molecular flexibility index (Phi) is 5.09. The molecule has 0 aromatic carbocycles. The van der Waals surface area contributed by atoms with Crippen LogP contribution in [0.4, 0.5) is 4.79 Å². The van der Waals surface area contributed by atoms with Gasteiger partial charge < -0.3 is 20.1 Å². The van der Waals surface area contributed by atoms with Crippen LogP contribution in [0.5, 0.6) is 0 Å². The van der Waals surface area contributed by atoms with Crippen LogP contribution in [0.15, 0.2) is 6.20 Å². The van der Waals surface area contributed by atoms with Crippen LogP contribution >= 0.6 is 0 Å². The first-order chi connectivity index (χ1) is 10.1. The Morgan fingerprint density at radius 2 is 2.29 bits per heavy atom. The molecule has 2 heterocycles. The maximum atomic E-state index is 11.8. The summed E-state index contributed by atoms with van der Waals surface area (Å²) in [6.07, 6.45) is 2.16. The smallest absolute Gasteiger partial charge is 0.358 e. The van der Waals surface area contributed by atoms with E-state index in [1.54, 1.807) is 4.90 Å². The quantitative estimate of drug-likeness (QED) is 0.684. The largest absolute Gasteiger partial charge is 0.476 e. The fourth-order valence-electron chi connectivity index (χ4n) is 1.97. The number of carboxylic acids is 1. The number of carboxylic acid groups (broad SMARTS) is 1. The van der Waals surface area contributed by atoms with E-state index in [0.717, 1.165) is 6.42 Å². The van der Waals surface area contributed by atoms with E-state index in [0.29, 0.717) is 32.8 Å². The molecule has 1 aromatic rings. The molecule has 1 aromatic heterocycles. The van der Waals surface area contributed by atoms with Crippen molar-refractivity contribution >= 4 is 12.0 Å². The number of ether oxygens (including phenoxy) is 1. The number of urea groups is 1. The second-order valence-corrected chi connectivity index (χ2v) is 4.73. The summed E-state index contributed by atoms with van der Waals surface area (Å²) in [6, 6.07) is -0.138. The van der Waals surface area contributed by atoms with Gasteiger partial charge in [-0.2, -0.15) is 0 Å². The molecule has 0 bridgehead atoms. The highest BCUT2D eigenvalue weighted by atomic mass is 16.5. The Balaban J connectivity index is 1.68. The summed E-state index contributed by atoms with van der Waals surface area (Å²) in [5, 5.41) is 18.9. The van der Waals surface area contributed by atoms with Crippen molar-refractivity contribution in [1.29, 1.82) is 0 Å². The Bertz CT molecular complexity index is 498. The van der Waals surface area contributed by atoms with Crippen LogP contribution in [-0.4, -0.2) is 69.8 Å². The van der Waals surface area contributed by atoms with Crippen molar-refractivity contribution in [2.24, 2.45) is 0 Å². The summed E-state index contributed by atoms with van der Waals surface area (Å²) in [5.74, 6) is -1.11. The second kappa shape index (κ2) is 7.02. The molecule has 0 aliphatic carbocycles. The third-order valence-electron chi connectivity index (χ3n) is 3.20. The lowest BCUT2D eigenvalue weighted by Gasteiger charge is -2.38. The molecule has 1 fully saturated rings. The molecule has 9 nitrogen and oxygen atoms in total. The van der Waals surface area contributed by atoms with Crippen LogP contribution in [0.3, 0.4) is 0 Å². The highest BCUT2D eigenvalue weighted by molar-refractivity contribution is 5.84. The van der Waals surface area contributed by atoms with Crippen molar-refractivity contribution in [2.45, 2.75) is 19.4 Å². The molecule has 21 heavy (non-hydrogen) atoms. The number of amides is 2. The fraction of sp³-hybridized carbons (Fsp3) is 0.667. The zero-order chi connectivity index (χ0) is 15.2. The molecule has 1 aliphatic heterocycles. The molecule has 1 aliphatic rings. The van der Waals surface area contributed by atoms with Crippen molar-refractivity contribution in [2.75, 3.05) is 32.8 Å². The van der Waals surface area contributed by atoms with Gasteiger partial charge in [-0.25, -0.2) is 14.3 Å². The lowest BCUT2D eigenvalue weighted by molar-refractivity contribution is 0.0690. The number of likely N-dealkylation sites (tertiary alicyclic amines) is 1. The van der Waals surface area contributed by atoms with Crippen LogP contribution in [0.25, 0.3) is 0 Å². The SMILES string of the molecule is CCOCCCNC(=O)N1CC(n2cc(C(=O)O)nn2)C1. The van der Waals surface area contributed by atoms with Crippen molar-refractivity contribution in [3.05, 3.63) is 11.9 Å². The molecule has 0 saturated carbocycles. The Morgan fingerprint density at radius 3 is 2.90 bits per heavy atom. The molecule has 9 heteroatoms. The number of aromatic carboxylic acids is 1. The van der Waals surface area contributed by atoms with Gasteiger partial charge in [-0.3, -0.25) is 0 Å². The number of hydrogen-bond donors (Lipinski definition) is 2. The lowest BCUT2D eigenvalue weighted by atomic mass is 10.1. The van der Waals surface area contributed by atoms with Crippen molar-refractivity contribution < 1.29 is 19.4 Å². The molecule has 0 radical (unpaired) electrons. The van der Waals surface area contributed by atoms with Gasteiger partial charge in [0.15, 0.2) is 5.69 Å². The van der Waals surface area contributed by atoms with E-state index < -0.39 is 5.97 Å². The first-order valence-electron chi connectivity index (χ1n) is 6.87. The molecular formula is C12H19N5O4. The van der Waals surface area contributed by atoms with E-state index in [4.69, 9.17) is 9.84 Å². The van der Waals surface area contributed by atoms with Gasteiger partial charge in [0, 0.05) is 32.8 Å². The zero-order valence-electron chi connectivity index (χ0n) is 11.9. The van der Waals surface area contributed by atoms with Crippen LogP contribution in [0.1, 0.15) is 29.9 Å². The molecule has 2 rings (SSSR count). The number of carbonyl (C=O) groups excluding carboxylic acids is 1. The average molecular weight is 297 g/mol. The minimum Gasteiger partial charge on any atom is -0.476 e. The first-order valence-corrected chi connectivity index (χ1v) is 6.87. The fourth-order valence-corrected chi connectivity index (χ4v) is 1.97. The summed E-state index contributed by atoms with van der Waals surface area (Å²) >= 11 is 0. The molecule has 0 atom stereocenters. The van der Waals surface area contributed by atoms with Gasteiger partial charge in [0.1, 0.15) is 0 Å². The van der Waals surface area contributed by atoms with Crippen LogP contribution in [0.2, 0.25) is 0 Å². The minimum atomic E-state index is -1.11. The van der Waals surface area contributed by atoms with E-state index in [-0.39, 0.29) is 17.8 Å².